The van der Waals surface area contributed by atoms with Crippen LogP contribution in [0, 0.1) is 5.92 Å². The largest absolute Gasteiger partial charge is 0.491 e. The molecule has 0 radical (unpaired) electrons. The predicted octanol–water partition coefficient (Wildman–Crippen LogP) is 5.03. The molecule has 3 nitrogen and oxygen atoms in total. The Labute approximate surface area is 176 Å². The van der Waals surface area contributed by atoms with Gasteiger partial charge < -0.3 is 15.6 Å². The zero-order valence-corrected chi connectivity index (χ0v) is 18.1. The summed E-state index contributed by atoms with van der Waals surface area (Å²) in [6.45, 7) is 5.10. The van der Waals surface area contributed by atoms with Gasteiger partial charge in [0.05, 0.1) is 6.10 Å². The summed E-state index contributed by atoms with van der Waals surface area (Å²) in [5.74, 6) is 2.08. The lowest BCUT2D eigenvalue weighted by atomic mass is 9.79. The molecule has 2 aromatic rings. The second-order valence-corrected chi connectivity index (χ2v) is 8.81. The fourth-order valence-electron chi connectivity index (χ4n) is 4.55. The summed E-state index contributed by atoms with van der Waals surface area (Å²) in [6, 6.07) is 15.6. The van der Waals surface area contributed by atoms with Gasteiger partial charge >= 0.3 is 0 Å². The summed E-state index contributed by atoms with van der Waals surface area (Å²) < 4.78 is 5.86. The molecule has 3 heteroatoms. The maximum atomic E-state index is 9.03. The summed E-state index contributed by atoms with van der Waals surface area (Å²) in [4.78, 5) is 0. The minimum Gasteiger partial charge on any atom is -0.491 e. The minimum atomic E-state index is 0.210. The van der Waals surface area contributed by atoms with E-state index in [0.29, 0.717) is 18.4 Å². The summed E-state index contributed by atoms with van der Waals surface area (Å²) in [7, 11) is 0. The van der Waals surface area contributed by atoms with Crippen LogP contribution in [0.15, 0.2) is 42.5 Å². The maximum Gasteiger partial charge on any atom is 0.119 e. The van der Waals surface area contributed by atoms with Gasteiger partial charge in [-0.15, -0.1) is 0 Å². The van der Waals surface area contributed by atoms with Crippen LogP contribution in [-0.2, 0) is 19.3 Å². The number of benzene rings is 2. The summed E-state index contributed by atoms with van der Waals surface area (Å²) in [5, 5.41) is 9.03. The van der Waals surface area contributed by atoms with E-state index < -0.39 is 0 Å². The van der Waals surface area contributed by atoms with Gasteiger partial charge in [0.15, 0.2) is 0 Å². The highest BCUT2D eigenvalue weighted by Gasteiger charge is 2.21. The molecule has 0 amide bonds. The van der Waals surface area contributed by atoms with Crippen molar-refractivity contribution in [2.45, 2.75) is 70.8 Å². The van der Waals surface area contributed by atoms with E-state index in [-0.39, 0.29) is 12.7 Å². The molecule has 1 aliphatic rings. The van der Waals surface area contributed by atoms with Crippen LogP contribution >= 0.6 is 0 Å². The number of aliphatic hydroxyl groups excluding tert-OH is 1. The Morgan fingerprint density at radius 2 is 1.97 bits per heavy atom. The van der Waals surface area contributed by atoms with Crippen molar-refractivity contribution in [3.8, 4) is 5.75 Å². The molecule has 158 valence electrons. The molecular formula is C26H37NO2. The van der Waals surface area contributed by atoms with Crippen LogP contribution in [0.2, 0.25) is 0 Å². The second-order valence-electron chi connectivity index (χ2n) is 8.81. The first-order valence-electron chi connectivity index (χ1n) is 11.3. The Balaban J connectivity index is 1.62. The van der Waals surface area contributed by atoms with E-state index in [0.717, 1.165) is 44.3 Å². The number of aliphatic hydroxyl groups is 1. The van der Waals surface area contributed by atoms with E-state index in [1.54, 1.807) is 0 Å². The van der Waals surface area contributed by atoms with Gasteiger partial charge in [0.1, 0.15) is 5.75 Å². The average molecular weight is 396 g/mol. The first-order valence-corrected chi connectivity index (χ1v) is 11.3. The number of rotatable bonds is 10. The predicted molar refractivity (Wildman–Crippen MR) is 121 cm³/mol. The van der Waals surface area contributed by atoms with Crippen molar-refractivity contribution in [2.24, 2.45) is 11.7 Å². The molecule has 29 heavy (non-hydrogen) atoms. The van der Waals surface area contributed by atoms with Crippen molar-refractivity contribution in [1.29, 1.82) is 0 Å². The number of hydrogen-bond acceptors (Lipinski definition) is 3. The van der Waals surface area contributed by atoms with E-state index in [1.807, 2.05) is 0 Å². The Morgan fingerprint density at radius 3 is 2.72 bits per heavy atom. The van der Waals surface area contributed by atoms with E-state index in [1.165, 1.54) is 28.7 Å². The second kappa shape index (κ2) is 10.8. The van der Waals surface area contributed by atoms with Crippen molar-refractivity contribution in [1.82, 2.24) is 0 Å². The lowest BCUT2D eigenvalue weighted by Crippen LogP contribution is -2.18. The summed E-state index contributed by atoms with van der Waals surface area (Å²) >= 11 is 0. The number of nitrogens with two attached hydrogens (primary N) is 1. The van der Waals surface area contributed by atoms with Crippen LogP contribution in [-0.4, -0.2) is 24.4 Å². The first kappa shape index (κ1) is 21.9. The molecule has 0 aromatic heterocycles. The lowest BCUT2D eigenvalue weighted by Gasteiger charge is -2.26. The van der Waals surface area contributed by atoms with Crippen molar-refractivity contribution >= 4 is 0 Å². The fourth-order valence-corrected chi connectivity index (χ4v) is 4.55. The Hall–Kier alpha value is -1.84. The molecule has 0 aliphatic heterocycles. The normalized spacial score (nSPS) is 17.2. The van der Waals surface area contributed by atoms with Crippen LogP contribution < -0.4 is 10.5 Å². The highest BCUT2D eigenvalue weighted by molar-refractivity contribution is 5.37. The first-order chi connectivity index (χ1) is 14.1. The number of unbranched alkanes of at least 4 members (excludes halogenated alkanes) is 1. The molecule has 3 rings (SSSR count). The van der Waals surface area contributed by atoms with Crippen molar-refractivity contribution in [2.75, 3.05) is 13.2 Å². The van der Waals surface area contributed by atoms with Crippen molar-refractivity contribution in [3.63, 3.8) is 0 Å². The summed E-state index contributed by atoms with van der Waals surface area (Å²) in [6.07, 6.45) is 7.85. The monoisotopic (exact) mass is 395 g/mol. The van der Waals surface area contributed by atoms with Crippen LogP contribution in [0.5, 0.6) is 5.75 Å². The van der Waals surface area contributed by atoms with Gasteiger partial charge in [-0.25, -0.2) is 0 Å². The van der Waals surface area contributed by atoms with Crippen molar-refractivity contribution in [3.05, 3.63) is 64.7 Å². The molecule has 0 saturated carbocycles. The highest BCUT2D eigenvalue weighted by atomic mass is 16.5. The van der Waals surface area contributed by atoms with Gasteiger partial charge in [-0.05, 0) is 105 Å². The van der Waals surface area contributed by atoms with E-state index in [4.69, 9.17) is 15.6 Å². The van der Waals surface area contributed by atoms with E-state index in [9.17, 15) is 0 Å². The Kier molecular flexibility index (Phi) is 8.14. The zero-order valence-electron chi connectivity index (χ0n) is 18.1. The Morgan fingerprint density at radius 1 is 1.10 bits per heavy atom. The average Bonchev–Trinajstić information content (AvgIpc) is 2.71. The lowest BCUT2D eigenvalue weighted by molar-refractivity contribution is 0.242. The molecule has 2 aromatic carbocycles. The zero-order chi connectivity index (χ0) is 20.6. The highest BCUT2D eigenvalue weighted by Crippen LogP contribution is 2.32. The van der Waals surface area contributed by atoms with E-state index in [2.05, 4.69) is 56.3 Å². The van der Waals surface area contributed by atoms with Gasteiger partial charge in [-0.1, -0.05) is 36.8 Å². The molecule has 0 heterocycles. The van der Waals surface area contributed by atoms with Gasteiger partial charge in [0.2, 0.25) is 0 Å². The van der Waals surface area contributed by atoms with Crippen LogP contribution in [0.1, 0.15) is 67.7 Å². The molecule has 0 saturated heterocycles. The quantitative estimate of drug-likeness (QED) is 0.555. The van der Waals surface area contributed by atoms with Crippen LogP contribution in [0.25, 0.3) is 0 Å². The van der Waals surface area contributed by atoms with Crippen LogP contribution in [0.3, 0.4) is 0 Å². The molecular weight excluding hydrogens is 358 g/mol. The minimum absolute atomic E-state index is 0.210. The van der Waals surface area contributed by atoms with Gasteiger partial charge in [0, 0.05) is 6.61 Å². The van der Waals surface area contributed by atoms with E-state index >= 15 is 0 Å². The number of ether oxygens (including phenoxy) is 1. The maximum absolute atomic E-state index is 9.03. The third-order valence-corrected chi connectivity index (χ3v) is 6.07. The van der Waals surface area contributed by atoms with Crippen molar-refractivity contribution < 1.29 is 9.84 Å². The third kappa shape index (κ3) is 6.32. The molecule has 0 fully saturated rings. The smallest absolute Gasteiger partial charge is 0.119 e. The van der Waals surface area contributed by atoms with Gasteiger partial charge in [0.25, 0.3) is 0 Å². The summed E-state index contributed by atoms with van der Waals surface area (Å²) in [5.41, 5.74) is 11.8. The SMILES string of the molecule is CC(C)Oc1cccc(C[C@@H]2CCc3cc([C@H](CN)CCCCO)ccc3C2)c1. The number of fused-ring (bicyclic) bond motifs is 1. The molecule has 2 atom stereocenters. The molecule has 3 N–H and O–H groups in total. The van der Waals surface area contributed by atoms with Crippen LogP contribution in [0.4, 0.5) is 0 Å². The number of aryl methyl sites for hydroxylation is 1. The Bertz CT molecular complexity index is 771. The molecule has 1 aliphatic carbocycles. The molecule has 0 bridgehead atoms. The molecule has 0 unspecified atom stereocenters. The fraction of sp³-hybridized carbons (Fsp3) is 0.538. The van der Waals surface area contributed by atoms with Gasteiger partial charge in [-0.3, -0.25) is 0 Å². The third-order valence-electron chi connectivity index (χ3n) is 6.07. The van der Waals surface area contributed by atoms with Gasteiger partial charge in [-0.2, -0.15) is 0 Å². The topological polar surface area (TPSA) is 55.5 Å². The standard InChI is InChI=1S/C26H37NO2/c1-19(2)29-26-8-5-6-20(16-26)14-21-9-10-23-17-24(12-11-22(23)15-21)25(18-27)7-3-4-13-28/h5-6,8,11-12,16-17,19,21,25,28H,3-4,7,9-10,13-15,18,27H2,1-2H3/t21-,25-/m0/s1. The molecule has 0 spiro atoms. The number of hydrogen-bond donors (Lipinski definition) is 2.